The van der Waals surface area contributed by atoms with Crippen molar-refractivity contribution in [2.24, 2.45) is 23.2 Å². The molecule has 130 valence electrons. The van der Waals surface area contributed by atoms with E-state index in [4.69, 9.17) is 0 Å². The van der Waals surface area contributed by atoms with Crippen LogP contribution in [0.1, 0.15) is 49.0 Å². The van der Waals surface area contributed by atoms with Crippen LogP contribution in [0.3, 0.4) is 0 Å². The zero-order chi connectivity index (χ0) is 17.0. The highest BCUT2D eigenvalue weighted by atomic mass is 16.4. The number of aromatic carboxylic acids is 1. The Labute approximate surface area is 147 Å². The van der Waals surface area contributed by atoms with Crippen LogP contribution >= 0.6 is 0 Å². The van der Waals surface area contributed by atoms with Crippen molar-refractivity contribution >= 4 is 5.97 Å². The Kier molecular flexibility index (Phi) is 3.27. The number of carboxylic acid groups (broad SMARTS) is 1. The van der Waals surface area contributed by atoms with Crippen LogP contribution in [0.2, 0.25) is 0 Å². The Morgan fingerprint density at radius 1 is 1.20 bits per heavy atom. The van der Waals surface area contributed by atoms with Gasteiger partial charge in [0.25, 0.3) is 0 Å². The zero-order valence-electron chi connectivity index (χ0n) is 14.3. The standard InChI is InChI=1S/C20H23N3O2/c24-19(25)18-17(2-1-3-21-18)16-10-22-23(11-16)12-20-7-13-4-14(8-20)6-15(5-13)9-20/h1-3,10-11,13-15H,4-9,12H2,(H,24,25). The monoisotopic (exact) mass is 337 g/mol. The highest BCUT2D eigenvalue weighted by Crippen LogP contribution is 2.60. The summed E-state index contributed by atoms with van der Waals surface area (Å²) in [5.41, 5.74) is 2.00. The summed E-state index contributed by atoms with van der Waals surface area (Å²) < 4.78 is 2.04. The number of nitrogens with zero attached hydrogens (tertiary/aromatic N) is 3. The van der Waals surface area contributed by atoms with Gasteiger partial charge in [0.1, 0.15) is 0 Å². The van der Waals surface area contributed by atoms with Crippen molar-refractivity contribution < 1.29 is 9.90 Å². The molecule has 5 heteroatoms. The van der Waals surface area contributed by atoms with Gasteiger partial charge in [0.15, 0.2) is 5.69 Å². The number of carboxylic acids is 1. The fourth-order valence-electron chi connectivity index (χ4n) is 6.23. The first-order valence-electron chi connectivity index (χ1n) is 9.31. The van der Waals surface area contributed by atoms with Crippen LogP contribution < -0.4 is 0 Å². The van der Waals surface area contributed by atoms with Gasteiger partial charge in [-0.25, -0.2) is 9.78 Å². The van der Waals surface area contributed by atoms with Gasteiger partial charge in [0, 0.05) is 30.1 Å². The lowest BCUT2D eigenvalue weighted by Crippen LogP contribution is -2.47. The largest absolute Gasteiger partial charge is 0.476 e. The maximum absolute atomic E-state index is 11.4. The highest BCUT2D eigenvalue weighted by Gasteiger charge is 2.50. The summed E-state index contributed by atoms with van der Waals surface area (Å²) >= 11 is 0. The number of pyridine rings is 1. The van der Waals surface area contributed by atoms with Crippen molar-refractivity contribution in [2.75, 3.05) is 0 Å². The third-order valence-corrected chi connectivity index (χ3v) is 6.62. The first-order valence-corrected chi connectivity index (χ1v) is 9.31. The van der Waals surface area contributed by atoms with Crippen LogP contribution in [0.25, 0.3) is 11.1 Å². The summed E-state index contributed by atoms with van der Waals surface area (Å²) in [5.74, 6) is 1.79. The zero-order valence-corrected chi connectivity index (χ0v) is 14.3. The molecule has 0 radical (unpaired) electrons. The fraction of sp³-hybridized carbons (Fsp3) is 0.550. The smallest absolute Gasteiger partial charge is 0.355 e. The van der Waals surface area contributed by atoms with E-state index in [1.54, 1.807) is 12.3 Å². The molecule has 0 aliphatic heterocycles. The Morgan fingerprint density at radius 2 is 1.88 bits per heavy atom. The molecule has 6 rings (SSSR count). The van der Waals surface area contributed by atoms with Crippen LogP contribution in [0.4, 0.5) is 0 Å². The first-order chi connectivity index (χ1) is 12.1. The van der Waals surface area contributed by atoms with Gasteiger partial charge < -0.3 is 5.11 Å². The van der Waals surface area contributed by atoms with Gasteiger partial charge in [-0.05, 0) is 67.8 Å². The molecule has 25 heavy (non-hydrogen) atoms. The van der Waals surface area contributed by atoms with Crippen LogP contribution in [-0.2, 0) is 6.54 Å². The predicted molar refractivity (Wildman–Crippen MR) is 93.0 cm³/mol. The molecule has 4 aliphatic carbocycles. The molecule has 1 N–H and O–H groups in total. The maximum atomic E-state index is 11.4. The molecule has 4 saturated carbocycles. The van der Waals surface area contributed by atoms with Gasteiger partial charge in [-0.1, -0.05) is 6.07 Å². The van der Waals surface area contributed by atoms with Crippen molar-refractivity contribution in [1.29, 1.82) is 0 Å². The number of aromatic nitrogens is 3. The molecule has 0 saturated heterocycles. The highest BCUT2D eigenvalue weighted by molar-refractivity contribution is 5.93. The van der Waals surface area contributed by atoms with E-state index in [1.807, 2.05) is 16.9 Å². The van der Waals surface area contributed by atoms with Crippen LogP contribution in [-0.4, -0.2) is 25.8 Å². The molecule has 5 nitrogen and oxygen atoms in total. The van der Waals surface area contributed by atoms with Crippen LogP contribution in [0, 0.1) is 23.2 Å². The normalized spacial score (nSPS) is 32.9. The quantitative estimate of drug-likeness (QED) is 0.920. The average Bonchev–Trinajstić information content (AvgIpc) is 3.01. The second kappa shape index (κ2) is 5.41. The molecular formula is C20H23N3O2. The average molecular weight is 337 g/mol. The summed E-state index contributed by atoms with van der Waals surface area (Å²) in [5, 5.41) is 13.9. The molecule has 2 aromatic heterocycles. The maximum Gasteiger partial charge on any atom is 0.355 e. The minimum Gasteiger partial charge on any atom is -0.476 e. The van der Waals surface area contributed by atoms with Crippen molar-refractivity contribution in [1.82, 2.24) is 14.8 Å². The fourth-order valence-corrected chi connectivity index (χ4v) is 6.23. The summed E-state index contributed by atoms with van der Waals surface area (Å²) in [6, 6.07) is 3.58. The van der Waals surface area contributed by atoms with Gasteiger partial charge in [-0.2, -0.15) is 5.10 Å². The molecule has 0 spiro atoms. The van der Waals surface area contributed by atoms with Gasteiger partial charge in [0.2, 0.25) is 0 Å². The Morgan fingerprint density at radius 3 is 2.52 bits per heavy atom. The second-order valence-corrected chi connectivity index (χ2v) is 8.55. The summed E-state index contributed by atoms with van der Waals surface area (Å²) in [4.78, 5) is 15.4. The molecule has 0 aromatic carbocycles. The number of rotatable bonds is 4. The SMILES string of the molecule is O=C(O)c1ncccc1-c1cnn(CC23CC4CC(CC(C4)C2)C3)c1. The van der Waals surface area contributed by atoms with E-state index in [-0.39, 0.29) is 5.69 Å². The van der Waals surface area contributed by atoms with E-state index in [2.05, 4.69) is 10.1 Å². The van der Waals surface area contributed by atoms with Gasteiger partial charge in [0.05, 0.1) is 6.20 Å². The molecule has 0 amide bonds. The van der Waals surface area contributed by atoms with E-state index >= 15 is 0 Å². The summed E-state index contributed by atoms with van der Waals surface area (Å²) in [7, 11) is 0. The molecule has 4 aliphatic rings. The van der Waals surface area contributed by atoms with Gasteiger partial charge in [-0.15, -0.1) is 0 Å². The number of hydrogen-bond acceptors (Lipinski definition) is 3. The van der Waals surface area contributed by atoms with E-state index in [9.17, 15) is 9.90 Å². The number of hydrogen-bond donors (Lipinski definition) is 1. The third-order valence-electron chi connectivity index (χ3n) is 6.62. The molecule has 2 heterocycles. The van der Waals surface area contributed by atoms with E-state index < -0.39 is 5.97 Å². The van der Waals surface area contributed by atoms with E-state index in [0.717, 1.165) is 29.9 Å². The second-order valence-electron chi connectivity index (χ2n) is 8.55. The molecule has 2 aromatic rings. The third kappa shape index (κ3) is 2.57. The lowest BCUT2D eigenvalue weighted by molar-refractivity contribution is -0.0635. The van der Waals surface area contributed by atoms with Crippen LogP contribution in [0.5, 0.6) is 0 Å². The van der Waals surface area contributed by atoms with Crippen molar-refractivity contribution in [3.8, 4) is 11.1 Å². The lowest BCUT2D eigenvalue weighted by Gasteiger charge is -2.56. The molecule has 0 atom stereocenters. The molecule has 4 bridgehead atoms. The van der Waals surface area contributed by atoms with Crippen molar-refractivity contribution in [3.05, 3.63) is 36.4 Å². The van der Waals surface area contributed by atoms with E-state index in [0.29, 0.717) is 11.0 Å². The molecular weight excluding hydrogens is 314 g/mol. The Balaban J connectivity index is 1.42. The lowest BCUT2D eigenvalue weighted by atomic mass is 9.49. The van der Waals surface area contributed by atoms with Crippen molar-refractivity contribution in [2.45, 2.75) is 45.1 Å². The van der Waals surface area contributed by atoms with Crippen molar-refractivity contribution in [3.63, 3.8) is 0 Å². The minimum atomic E-state index is -0.996. The predicted octanol–water partition coefficient (Wildman–Crippen LogP) is 3.86. The Bertz CT molecular complexity index is 791. The van der Waals surface area contributed by atoms with Crippen LogP contribution in [0.15, 0.2) is 30.7 Å². The van der Waals surface area contributed by atoms with Gasteiger partial charge >= 0.3 is 5.97 Å². The number of carbonyl (C=O) groups is 1. The summed E-state index contributed by atoms with van der Waals surface area (Å²) in [6.07, 6.45) is 13.7. The topological polar surface area (TPSA) is 68.0 Å². The Hall–Kier alpha value is -2.17. The van der Waals surface area contributed by atoms with E-state index in [1.165, 1.54) is 44.7 Å². The summed E-state index contributed by atoms with van der Waals surface area (Å²) in [6.45, 7) is 0.971. The van der Waals surface area contributed by atoms with Gasteiger partial charge in [-0.3, -0.25) is 4.68 Å². The minimum absolute atomic E-state index is 0.0943. The molecule has 0 unspecified atom stereocenters. The molecule has 4 fully saturated rings. The first kappa shape index (κ1) is 15.1.